The highest BCUT2D eigenvalue weighted by Crippen LogP contribution is 2.40. The van der Waals surface area contributed by atoms with Crippen LogP contribution in [0.15, 0.2) is 24.3 Å². The Labute approximate surface area is 108 Å². The van der Waals surface area contributed by atoms with Crippen molar-refractivity contribution in [2.75, 3.05) is 0 Å². The van der Waals surface area contributed by atoms with Gasteiger partial charge in [-0.1, -0.05) is 18.2 Å². The Bertz CT molecular complexity index is 477. The average Bonchev–Trinajstić information content (AvgIpc) is 3.11. The fraction of sp³-hybridized carbons (Fsp3) is 0.533. The van der Waals surface area contributed by atoms with Crippen LogP contribution in [0.4, 0.5) is 0 Å². The van der Waals surface area contributed by atoms with E-state index in [4.69, 9.17) is 4.74 Å². The van der Waals surface area contributed by atoms with E-state index < -0.39 is 0 Å². The van der Waals surface area contributed by atoms with Crippen molar-refractivity contribution in [3.05, 3.63) is 29.8 Å². The van der Waals surface area contributed by atoms with E-state index >= 15 is 0 Å². The van der Waals surface area contributed by atoms with Crippen LogP contribution in [0.1, 0.15) is 44.7 Å². The largest absolute Gasteiger partial charge is 0.487 e. The summed E-state index contributed by atoms with van der Waals surface area (Å²) in [5.74, 6) is 1.35. The number of hydrogen-bond donors (Lipinski definition) is 1. The van der Waals surface area contributed by atoms with Crippen LogP contribution in [0.3, 0.4) is 0 Å². The standard InChI is InChI=1S/C15H19NO2/c1-15(2)9-12(16-14(17)10-7-8-10)11-5-3-4-6-13(11)18-15/h3-6,10,12H,7-9H2,1-2H3,(H,16,17)/t12-/m1/s1. The molecule has 0 unspecified atom stereocenters. The van der Waals surface area contributed by atoms with Crippen LogP contribution in [0.25, 0.3) is 0 Å². The quantitative estimate of drug-likeness (QED) is 0.870. The number of ether oxygens (including phenoxy) is 1. The molecule has 0 radical (unpaired) electrons. The van der Waals surface area contributed by atoms with E-state index in [-0.39, 0.29) is 23.5 Å². The summed E-state index contributed by atoms with van der Waals surface area (Å²) < 4.78 is 5.96. The second-order valence-electron chi connectivity index (χ2n) is 5.94. The van der Waals surface area contributed by atoms with Gasteiger partial charge in [0.25, 0.3) is 0 Å². The van der Waals surface area contributed by atoms with Crippen LogP contribution >= 0.6 is 0 Å². The van der Waals surface area contributed by atoms with E-state index in [0.717, 1.165) is 30.6 Å². The molecule has 0 bridgehead atoms. The lowest BCUT2D eigenvalue weighted by atomic mass is 9.89. The molecule has 0 spiro atoms. The number of carbonyl (C=O) groups excluding carboxylic acids is 1. The molecular weight excluding hydrogens is 226 g/mol. The minimum Gasteiger partial charge on any atom is -0.487 e. The highest BCUT2D eigenvalue weighted by Gasteiger charge is 2.37. The van der Waals surface area contributed by atoms with E-state index in [1.807, 2.05) is 24.3 Å². The summed E-state index contributed by atoms with van der Waals surface area (Å²) in [6, 6.07) is 8.07. The van der Waals surface area contributed by atoms with Gasteiger partial charge in [0.05, 0.1) is 6.04 Å². The zero-order valence-electron chi connectivity index (χ0n) is 10.9. The van der Waals surface area contributed by atoms with E-state index in [1.54, 1.807) is 0 Å². The summed E-state index contributed by atoms with van der Waals surface area (Å²) in [5.41, 5.74) is 0.876. The number of carbonyl (C=O) groups is 1. The molecule has 0 saturated heterocycles. The number of nitrogens with one attached hydrogen (secondary N) is 1. The molecule has 1 heterocycles. The van der Waals surface area contributed by atoms with E-state index in [1.165, 1.54) is 0 Å². The van der Waals surface area contributed by atoms with E-state index in [2.05, 4.69) is 19.2 Å². The van der Waals surface area contributed by atoms with Crippen molar-refractivity contribution in [3.63, 3.8) is 0 Å². The number of benzene rings is 1. The molecule has 1 aromatic rings. The van der Waals surface area contributed by atoms with Crippen LogP contribution in [-0.2, 0) is 4.79 Å². The summed E-state index contributed by atoms with van der Waals surface area (Å²) >= 11 is 0. The van der Waals surface area contributed by atoms with Crippen LogP contribution < -0.4 is 10.1 Å². The van der Waals surface area contributed by atoms with E-state index in [0.29, 0.717) is 0 Å². The van der Waals surface area contributed by atoms with Crippen molar-refractivity contribution in [3.8, 4) is 5.75 Å². The lowest BCUT2D eigenvalue weighted by Crippen LogP contribution is -2.41. The predicted molar refractivity (Wildman–Crippen MR) is 69.4 cm³/mol. The molecule has 1 fully saturated rings. The highest BCUT2D eigenvalue weighted by atomic mass is 16.5. The van der Waals surface area contributed by atoms with Gasteiger partial charge >= 0.3 is 0 Å². The number of rotatable bonds is 2. The molecule has 3 heteroatoms. The van der Waals surface area contributed by atoms with Crippen molar-refractivity contribution >= 4 is 5.91 Å². The molecule has 0 aromatic heterocycles. The SMILES string of the molecule is CC1(C)C[C@@H](NC(=O)C2CC2)c2ccccc2O1. The first kappa shape index (κ1) is 11.6. The lowest BCUT2D eigenvalue weighted by molar-refractivity contribution is -0.123. The summed E-state index contributed by atoms with van der Waals surface area (Å²) in [6.07, 6.45) is 2.91. The first-order valence-corrected chi connectivity index (χ1v) is 6.63. The number of fused-ring (bicyclic) bond motifs is 1. The Morgan fingerprint density at radius 2 is 2.06 bits per heavy atom. The molecule has 96 valence electrons. The van der Waals surface area contributed by atoms with Gasteiger partial charge in [0.15, 0.2) is 0 Å². The maximum absolute atomic E-state index is 11.9. The molecule has 1 N–H and O–H groups in total. The third-order valence-electron chi connectivity index (χ3n) is 3.64. The molecule has 1 atom stereocenters. The van der Waals surface area contributed by atoms with Crippen molar-refractivity contribution in [2.45, 2.75) is 44.8 Å². The zero-order chi connectivity index (χ0) is 12.8. The van der Waals surface area contributed by atoms with Gasteiger partial charge in [0, 0.05) is 17.9 Å². The van der Waals surface area contributed by atoms with Gasteiger partial charge in [-0.2, -0.15) is 0 Å². The third kappa shape index (κ3) is 2.22. The van der Waals surface area contributed by atoms with Crippen molar-refractivity contribution in [1.29, 1.82) is 0 Å². The molecule has 1 aliphatic heterocycles. The number of para-hydroxylation sites is 1. The maximum atomic E-state index is 11.9. The molecule has 1 aliphatic carbocycles. The summed E-state index contributed by atoms with van der Waals surface area (Å²) in [6.45, 7) is 4.14. The molecule has 1 amide bonds. The minimum absolute atomic E-state index is 0.0815. The van der Waals surface area contributed by atoms with Gasteiger partial charge in [-0.3, -0.25) is 4.79 Å². The monoisotopic (exact) mass is 245 g/mol. The second-order valence-corrected chi connectivity index (χ2v) is 5.94. The smallest absolute Gasteiger partial charge is 0.223 e. The normalized spacial score (nSPS) is 24.9. The van der Waals surface area contributed by atoms with Crippen LogP contribution in [0, 0.1) is 5.92 Å². The predicted octanol–water partition coefficient (Wildman–Crippen LogP) is 2.82. The van der Waals surface area contributed by atoms with Gasteiger partial charge < -0.3 is 10.1 Å². The lowest BCUT2D eigenvalue weighted by Gasteiger charge is -2.37. The molecule has 3 rings (SSSR count). The van der Waals surface area contributed by atoms with Crippen molar-refractivity contribution in [1.82, 2.24) is 5.32 Å². The second kappa shape index (κ2) is 4.01. The van der Waals surface area contributed by atoms with Gasteiger partial charge in [-0.05, 0) is 32.8 Å². The van der Waals surface area contributed by atoms with Gasteiger partial charge in [0.1, 0.15) is 11.4 Å². The summed E-state index contributed by atoms with van der Waals surface area (Å²) in [7, 11) is 0. The number of hydrogen-bond acceptors (Lipinski definition) is 2. The Kier molecular flexibility index (Phi) is 2.58. The molecular formula is C15H19NO2. The molecule has 1 aromatic carbocycles. The van der Waals surface area contributed by atoms with Crippen LogP contribution in [0.2, 0.25) is 0 Å². The first-order chi connectivity index (χ1) is 8.55. The number of amides is 1. The topological polar surface area (TPSA) is 38.3 Å². The molecule has 1 saturated carbocycles. The summed E-state index contributed by atoms with van der Waals surface area (Å²) in [5, 5.41) is 3.17. The third-order valence-corrected chi connectivity index (χ3v) is 3.64. The fourth-order valence-corrected chi connectivity index (χ4v) is 2.57. The Morgan fingerprint density at radius 3 is 2.78 bits per heavy atom. The van der Waals surface area contributed by atoms with Crippen LogP contribution in [0.5, 0.6) is 5.75 Å². The van der Waals surface area contributed by atoms with Crippen molar-refractivity contribution < 1.29 is 9.53 Å². The Hall–Kier alpha value is -1.51. The molecule has 2 aliphatic rings. The highest BCUT2D eigenvalue weighted by molar-refractivity contribution is 5.81. The maximum Gasteiger partial charge on any atom is 0.223 e. The zero-order valence-corrected chi connectivity index (χ0v) is 10.9. The van der Waals surface area contributed by atoms with Gasteiger partial charge in [0.2, 0.25) is 5.91 Å². The van der Waals surface area contributed by atoms with Crippen LogP contribution in [-0.4, -0.2) is 11.5 Å². The Morgan fingerprint density at radius 1 is 1.33 bits per heavy atom. The molecule has 3 nitrogen and oxygen atoms in total. The van der Waals surface area contributed by atoms with Crippen molar-refractivity contribution in [2.24, 2.45) is 5.92 Å². The summed E-state index contributed by atoms with van der Waals surface area (Å²) in [4.78, 5) is 11.9. The van der Waals surface area contributed by atoms with Gasteiger partial charge in [-0.25, -0.2) is 0 Å². The van der Waals surface area contributed by atoms with E-state index in [9.17, 15) is 4.79 Å². The average molecular weight is 245 g/mol. The van der Waals surface area contributed by atoms with Gasteiger partial charge in [-0.15, -0.1) is 0 Å². The molecule has 18 heavy (non-hydrogen) atoms. The minimum atomic E-state index is -0.226. The Balaban J connectivity index is 1.86. The first-order valence-electron chi connectivity index (χ1n) is 6.63. The fourth-order valence-electron chi connectivity index (χ4n) is 2.57.